The lowest BCUT2D eigenvalue weighted by Crippen LogP contribution is -2.36. The van der Waals surface area contributed by atoms with Gasteiger partial charge in [-0.1, -0.05) is 11.6 Å². The zero-order valence-corrected chi connectivity index (χ0v) is 13.7. The van der Waals surface area contributed by atoms with E-state index >= 15 is 0 Å². The van der Waals surface area contributed by atoms with Crippen LogP contribution in [-0.2, 0) is 19.6 Å². The molecule has 1 aromatic carbocycles. The van der Waals surface area contributed by atoms with Crippen molar-refractivity contribution in [2.45, 2.75) is 6.42 Å². The van der Waals surface area contributed by atoms with Crippen LogP contribution >= 0.6 is 11.6 Å². The monoisotopic (exact) mass is 361 g/mol. The molecular weight excluding hydrogens is 346 g/mol. The highest BCUT2D eigenvalue weighted by atomic mass is 35.5. The highest BCUT2D eigenvalue weighted by molar-refractivity contribution is 7.93. The van der Waals surface area contributed by atoms with Crippen LogP contribution < -0.4 is 14.9 Å². The summed E-state index contributed by atoms with van der Waals surface area (Å²) in [6, 6.07) is 4.37. The van der Waals surface area contributed by atoms with Crippen LogP contribution in [0.4, 0.5) is 11.4 Å². The zero-order chi connectivity index (χ0) is 17.0. The molecular formula is C13H16ClN3O5S. The Hall–Kier alpha value is -1.84. The van der Waals surface area contributed by atoms with Gasteiger partial charge in [-0.3, -0.25) is 13.9 Å². The minimum absolute atomic E-state index is 0.0360. The third kappa shape index (κ3) is 4.12. The van der Waals surface area contributed by atoms with Crippen LogP contribution in [0.5, 0.6) is 0 Å². The second-order valence-corrected chi connectivity index (χ2v) is 7.26. The molecule has 1 saturated heterocycles. The van der Waals surface area contributed by atoms with Gasteiger partial charge in [0.25, 0.3) is 0 Å². The molecule has 2 amide bonds. The summed E-state index contributed by atoms with van der Waals surface area (Å²) in [5.74, 6) is -1.74. The number of benzene rings is 1. The van der Waals surface area contributed by atoms with Gasteiger partial charge in [0.1, 0.15) is 0 Å². The third-order valence-electron chi connectivity index (χ3n) is 3.19. The first-order chi connectivity index (χ1) is 10.8. The zero-order valence-electron chi connectivity index (χ0n) is 12.1. The van der Waals surface area contributed by atoms with Gasteiger partial charge in [0, 0.05) is 13.1 Å². The van der Waals surface area contributed by atoms with Crippen molar-refractivity contribution < 1.29 is 23.1 Å². The Morgan fingerprint density at radius 2 is 2.04 bits per heavy atom. The van der Waals surface area contributed by atoms with E-state index in [1.807, 2.05) is 0 Å². The molecule has 1 aromatic rings. The molecule has 1 aliphatic rings. The average Bonchev–Trinajstić information content (AvgIpc) is 2.86. The van der Waals surface area contributed by atoms with Crippen LogP contribution in [-0.4, -0.2) is 50.8 Å². The molecule has 23 heavy (non-hydrogen) atoms. The quantitative estimate of drug-likeness (QED) is 0.649. The molecule has 2 rings (SSSR count). The minimum atomic E-state index is -3.32. The van der Waals surface area contributed by atoms with Gasteiger partial charge in [-0.2, -0.15) is 0 Å². The fourth-order valence-corrected chi connectivity index (χ4v) is 3.90. The SMILES string of the molecule is O=C(NCCO)C(=O)Nc1ccc(N2CCCS2(=O)=O)cc1Cl. The van der Waals surface area contributed by atoms with Crippen molar-refractivity contribution in [2.24, 2.45) is 0 Å². The number of nitrogens with one attached hydrogen (secondary N) is 2. The number of hydrogen-bond donors (Lipinski definition) is 3. The minimum Gasteiger partial charge on any atom is -0.395 e. The molecule has 0 aliphatic carbocycles. The van der Waals surface area contributed by atoms with Crippen molar-refractivity contribution in [2.75, 3.05) is 35.1 Å². The number of aliphatic hydroxyl groups is 1. The Morgan fingerprint density at radius 3 is 2.61 bits per heavy atom. The summed E-state index contributed by atoms with van der Waals surface area (Å²) in [5, 5.41) is 13.2. The van der Waals surface area contributed by atoms with Gasteiger partial charge in [0.15, 0.2) is 0 Å². The second kappa shape index (κ2) is 7.16. The maximum atomic E-state index is 11.9. The largest absolute Gasteiger partial charge is 0.395 e. The second-order valence-electron chi connectivity index (χ2n) is 4.84. The molecule has 0 bridgehead atoms. The van der Waals surface area contributed by atoms with Crippen molar-refractivity contribution >= 4 is 44.8 Å². The molecule has 3 N–H and O–H groups in total. The first-order valence-corrected chi connectivity index (χ1v) is 8.84. The molecule has 0 aromatic heterocycles. The van der Waals surface area contributed by atoms with E-state index in [9.17, 15) is 18.0 Å². The predicted molar refractivity (Wildman–Crippen MR) is 85.9 cm³/mol. The van der Waals surface area contributed by atoms with Crippen molar-refractivity contribution in [3.8, 4) is 0 Å². The molecule has 0 radical (unpaired) electrons. The molecule has 1 heterocycles. The topological polar surface area (TPSA) is 116 Å². The van der Waals surface area contributed by atoms with E-state index in [4.69, 9.17) is 16.7 Å². The summed E-state index contributed by atoms with van der Waals surface area (Å²) in [5.41, 5.74) is 0.603. The fraction of sp³-hybridized carbons (Fsp3) is 0.385. The lowest BCUT2D eigenvalue weighted by Gasteiger charge is -2.18. The Bertz CT molecular complexity index is 722. The number of sulfonamides is 1. The first-order valence-electron chi connectivity index (χ1n) is 6.85. The Balaban J connectivity index is 2.11. The number of carbonyl (C=O) groups excluding carboxylic acids is 2. The molecule has 0 atom stereocenters. The van der Waals surface area contributed by atoms with Gasteiger partial charge < -0.3 is 15.7 Å². The summed E-state index contributed by atoms with van der Waals surface area (Å²) < 4.78 is 25.0. The number of nitrogens with zero attached hydrogens (tertiary/aromatic N) is 1. The number of anilines is 2. The van der Waals surface area contributed by atoms with Gasteiger partial charge in [0.2, 0.25) is 10.0 Å². The van der Waals surface area contributed by atoms with Crippen LogP contribution in [0.2, 0.25) is 5.02 Å². The van der Waals surface area contributed by atoms with Crippen LogP contribution in [0.1, 0.15) is 6.42 Å². The summed E-state index contributed by atoms with van der Waals surface area (Å²) in [4.78, 5) is 23.1. The summed E-state index contributed by atoms with van der Waals surface area (Å²) in [6.45, 7) is 0.0679. The van der Waals surface area contributed by atoms with Crippen molar-refractivity contribution in [1.29, 1.82) is 0 Å². The normalized spacial score (nSPS) is 16.2. The molecule has 0 unspecified atom stereocenters. The Kier molecular flexibility index (Phi) is 5.45. The summed E-state index contributed by atoms with van der Waals surface area (Å²) in [6.07, 6.45) is 0.545. The van der Waals surface area contributed by atoms with E-state index in [0.717, 1.165) is 0 Å². The van der Waals surface area contributed by atoms with E-state index in [-0.39, 0.29) is 29.6 Å². The average molecular weight is 362 g/mol. The van der Waals surface area contributed by atoms with Gasteiger partial charge >= 0.3 is 11.8 Å². The number of amides is 2. The maximum Gasteiger partial charge on any atom is 0.313 e. The number of aliphatic hydroxyl groups excluding tert-OH is 1. The number of rotatable bonds is 4. The van der Waals surface area contributed by atoms with Gasteiger partial charge in [-0.25, -0.2) is 8.42 Å². The van der Waals surface area contributed by atoms with Crippen molar-refractivity contribution in [3.05, 3.63) is 23.2 Å². The van der Waals surface area contributed by atoms with Gasteiger partial charge in [-0.15, -0.1) is 0 Å². The molecule has 8 nitrogen and oxygen atoms in total. The van der Waals surface area contributed by atoms with E-state index in [1.54, 1.807) is 0 Å². The fourth-order valence-electron chi connectivity index (χ4n) is 2.12. The maximum absolute atomic E-state index is 11.9. The van der Waals surface area contributed by atoms with E-state index in [1.165, 1.54) is 22.5 Å². The first kappa shape index (κ1) is 17.5. The standard InChI is InChI=1S/C13H16ClN3O5S/c14-10-8-9(17-5-1-7-23(17,21)22)2-3-11(10)16-13(20)12(19)15-4-6-18/h2-3,8,18H,1,4-7H2,(H,15,19)(H,16,20). The molecule has 1 fully saturated rings. The van der Waals surface area contributed by atoms with Gasteiger partial charge in [0.05, 0.1) is 28.8 Å². The molecule has 126 valence electrons. The number of carbonyl (C=O) groups is 2. The summed E-state index contributed by atoms with van der Waals surface area (Å²) in [7, 11) is -3.32. The van der Waals surface area contributed by atoms with E-state index in [2.05, 4.69) is 10.6 Å². The lowest BCUT2D eigenvalue weighted by atomic mass is 10.2. The Labute approximate surface area is 138 Å². The van der Waals surface area contributed by atoms with E-state index < -0.39 is 21.8 Å². The van der Waals surface area contributed by atoms with E-state index in [0.29, 0.717) is 18.7 Å². The highest BCUT2D eigenvalue weighted by Crippen LogP contribution is 2.31. The van der Waals surface area contributed by atoms with Crippen LogP contribution in [0.15, 0.2) is 18.2 Å². The van der Waals surface area contributed by atoms with Gasteiger partial charge in [-0.05, 0) is 24.6 Å². The van der Waals surface area contributed by atoms with Crippen LogP contribution in [0.3, 0.4) is 0 Å². The lowest BCUT2D eigenvalue weighted by molar-refractivity contribution is -0.136. The molecule has 10 heteroatoms. The predicted octanol–water partition coefficient (Wildman–Crippen LogP) is -0.0731. The van der Waals surface area contributed by atoms with Crippen LogP contribution in [0, 0.1) is 0 Å². The number of hydrogen-bond acceptors (Lipinski definition) is 5. The van der Waals surface area contributed by atoms with Crippen LogP contribution in [0.25, 0.3) is 0 Å². The molecule has 0 spiro atoms. The van der Waals surface area contributed by atoms with Crippen molar-refractivity contribution in [1.82, 2.24) is 5.32 Å². The third-order valence-corrected chi connectivity index (χ3v) is 5.37. The molecule has 0 saturated carbocycles. The number of halogens is 1. The smallest absolute Gasteiger partial charge is 0.313 e. The highest BCUT2D eigenvalue weighted by Gasteiger charge is 2.28. The van der Waals surface area contributed by atoms with Crippen molar-refractivity contribution in [3.63, 3.8) is 0 Å². The summed E-state index contributed by atoms with van der Waals surface area (Å²) >= 11 is 6.05. The Morgan fingerprint density at radius 1 is 1.30 bits per heavy atom. The molecule has 1 aliphatic heterocycles.